The van der Waals surface area contributed by atoms with Crippen LogP contribution in [0.3, 0.4) is 0 Å². The van der Waals surface area contributed by atoms with Crippen LogP contribution < -0.4 is 5.56 Å². The van der Waals surface area contributed by atoms with Crippen LogP contribution in [0.15, 0.2) is 35.4 Å². The smallest absolute Gasteiger partial charge is 0.258 e. The number of aromatic nitrogens is 3. The van der Waals surface area contributed by atoms with Crippen molar-refractivity contribution in [2.24, 2.45) is 0 Å². The zero-order valence-corrected chi connectivity index (χ0v) is 15.3. The lowest BCUT2D eigenvalue weighted by molar-refractivity contribution is 0.244. The summed E-state index contributed by atoms with van der Waals surface area (Å²) < 4.78 is 1.61. The van der Waals surface area contributed by atoms with Gasteiger partial charge in [0.15, 0.2) is 4.96 Å². The molecule has 1 unspecified atom stereocenters. The molecule has 0 aliphatic heterocycles. The van der Waals surface area contributed by atoms with E-state index in [9.17, 15) is 4.79 Å². The van der Waals surface area contributed by atoms with E-state index in [0.29, 0.717) is 12.6 Å². The van der Waals surface area contributed by atoms with E-state index in [-0.39, 0.29) is 5.56 Å². The first-order chi connectivity index (χ1) is 11.4. The Kier molecular flexibility index (Phi) is 4.78. The Bertz CT molecular complexity index is 915. The number of likely N-dealkylation sites (N-methyl/N-ethyl adjacent to an activating group) is 1. The number of aryl methyl sites for hydroxylation is 2. The lowest BCUT2D eigenvalue weighted by Crippen LogP contribution is -2.31. The van der Waals surface area contributed by atoms with Crippen LogP contribution in [0.2, 0.25) is 0 Å². The van der Waals surface area contributed by atoms with E-state index in [1.165, 1.54) is 5.56 Å². The van der Waals surface area contributed by atoms with Crippen molar-refractivity contribution in [3.63, 3.8) is 0 Å². The molecule has 0 saturated carbocycles. The third-order valence-electron chi connectivity index (χ3n) is 4.18. The van der Waals surface area contributed by atoms with Crippen molar-refractivity contribution in [1.82, 2.24) is 19.3 Å². The Hall–Kier alpha value is -2.05. The van der Waals surface area contributed by atoms with E-state index in [0.717, 1.165) is 27.6 Å². The van der Waals surface area contributed by atoms with E-state index in [1.54, 1.807) is 21.8 Å². The minimum absolute atomic E-state index is 0.0132. The molecular weight excluding hydrogens is 320 g/mol. The molecule has 3 aromatic heterocycles. The lowest BCUT2D eigenvalue weighted by Gasteiger charge is -2.24. The summed E-state index contributed by atoms with van der Waals surface area (Å²) in [6, 6.07) is 6.07. The van der Waals surface area contributed by atoms with Gasteiger partial charge in [-0.15, -0.1) is 11.3 Å². The quantitative estimate of drug-likeness (QED) is 0.715. The highest BCUT2D eigenvalue weighted by Gasteiger charge is 2.13. The summed E-state index contributed by atoms with van der Waals surface area (Å²) >= 11 is 1.54. The SMILES string of the molecule is Cc1ccnc(CC(C)N(C)Cc2cc(=O)n3cc(C)sc3n2)c1. The second kappa shape index (κ2) is 6.83. The van der Waals surface area contributed by atoms with Gasteiger partial charge in [-0.3, -0.25) is 19.1 Å². The van der Waals surface area contributed by atoms with Gasteiger partial charge in [-0.25, -0.2) is 4.98 Å². The highest BCUT2D eigenvalue weighted by atomic mass is 32.1. The number of hydrogen-bond acceptors (Lipinski definition) is 5. The molecule has 0 amide bonds. The molecule has 24 heavy (non-hydrogen) atoms. The summed E-state index contributed by atoms with van der Waals surface area (Å²) in [5.41, 5.74) is 3.11. The fraction of sp³-hybridized carbons (Fsp3) is 0.389. The monoisotopic (exact) mass is 342 g/mol. The van der Waals surface area contributed by atoms with Crippen LogP contribution in [-0.4, -0.2) is 32.4 Å². The van der Waals surface area contributed by atoms with Gasteiger partial charge in [-0.1, -0.05) is 0 Å². The third-order valence-corrected chi connectivity index (χ3v) is 5.07. The molecule has 0 aliphatic rings. The molecule has 0 radical (unpaired) electrons. The molecule has 0 fully saturated rings. The van der Waals surface area contributed by atoms with Crippen molar-refractivity contribution in [3.05, 3.63) is 62.8 Å². The molecule has 0 aromatic carbocycles. The van der Waals surface area contributed by atoms with E-state index in [2.05, 4.69) is 41.8 Å². The van der Waals surface area contributed by atoms with Crippen molar-refractivity contribution in [2.45, 2.75) is 39.8 Å². The number of fused-ring (bicyclic) bond motifs is 1. The maximum Gasteiger partial charge on any atom is 0.258 e. The number of pyridine rings is 1. The van der Waals surface area contributed by atoms with Crippen molar-refractivity contribution in [2.75, 3.05) is 7.05 Å². The first-order valence-electron chi connectivity index (χ1n) is 8.03. The second-order valence-corrected chi connectivity index (χ2v) is 7.59. The van der Waals surface area contributed by atoms with Gasteiger partial charge in [-0.05, 0) is 45.5 Å². The maximum atomic E-state index is 12.2. The summed E-state index contributed by atoms with van der Waals surface area (Å²) in [7, 11) is 2.06. The van der Waals surface area contributed by atoms with Gasteiger partial charge in [0.1, 0.15) is 0 Å². The summed E-state index contributed by atoms with van der Waals surface area (Å²) in [5, 5.41) is 0. The Balaban J connectivity index is 1.74. The first kappa shape index (κ1) is 16.8. The Labute approximate surface area is 145 Å². The Morgan fingerprint density at radius 2 is 2.08 bits per heavy atom. The van der Waals surface area contributed by atoms with Gasteiger partial charge in [-0.2, -0.15) is 0 Å². The van der Waals surface area contributed by atoms with Gasteiger partial charge < -0.3 is 0 Å². The summed E-state index contributed by atoms with van der Waals surface area (Å²) in [5.74, 6) is 0. The molecular formula is C18H22N4OS. The highest BCUT2D eigenvalue weighted by Crippen LogP contribution is 2.14. The molecule has 3 heterocycles. The largest absolute Gasteiger partial charge is 0.297 e. The Morgan fingerprint density at radius 1 is 1.29 bits per heavy atom. The number of rotatable bonds is 5. The minimum atomic E-state index is -0.0132. The molecule has 1 atom stereocenters. The second-order valence-electron chi connectivity index (χ2n) is 6.37. The predicted molar refractivity (Wildman–Crippen MR) is 97.7 cm³/mol. The average Bonchev–Trinajstić information content (AvgIpc) is 2.88. The van der Waals surface area contributed by atoms with Crippen LogP contribution in [0, 0.1) is 13.8 Å². The molecule has 0 aliphatic carbocycles. The van der Waals surface area contributed by atoms with E-state index in [1.807, 2.05) is 25.4 Å². The third kappa shape index (κ3) is 3.71. The number of thiazole rings is 1. The van der Waals surface area contributed by atoms with Crippen molar-refractivity contribution < 1.29 is 0 Å². The molecule has 6 heteroatoms. The Morgan fingerprint density at radius 3 is 2.83 bits per heavy atom. The molecule has 0 bridgehead atoms. The van der Waals surface area contributed by atoms with Crippen molar-refractivity contribution in [1.29, 1.82) is 0 Å². The molecule has 0 saturated heterocycles. The maximum absolute atomic E-state index is 12.2. The van der Waals surface area contributed by atoms with Crippen LogP contribution in [-0.2, 0) is 13.0 Å². The van der Waals surface area contributed by atoms with Gasteiger partial charge in [0.25, 0.3) is 5.56 Å². The van der Waals surface area contributed by atoms with Crippen molar-refractivity contribution >= 4 is 16.3 Å². The summed E-state index contributed by atoms with van der Waals surface area (Å²) in [6.07, 6.45) is 4.57. The molecule has 0 spiro atoms. The summed E-state index contributed by atoms with van der Waals surface area (Å²) in [4.78, 5) is 25.3. The molecule has 3 aromatic rings. The fourth-order valence-corrected chi connectivity index (χ4v) is 3.57. The van der Waals surface area contributed by atoms with E-state index < -0.39 is 0 Å². The molecule has 3 rings (SSSR count). The van der Waals surface area contributed by atoms with Crippen molar-refractivity contribution in [3.8, 4) is 0 Å². The van der Waals surface area contributed by atoms with Gasteiger partial charge in [0.05, 0.1) is 5.69 Å². The highest BCUT2D eigenvalue weighted by molar-refractivity contribution is 7.16. The van der Waals surface area contributed by atoms with Crippen LogP contribution in [0.1, 0.15) is 28.8 Å². The number of nitrogens with zero attached hydrogens (tertiary/aromatic N) is 4. The van der Waals surface area contributed by atoms with Crippen LogP contribution >= 0.6 is 11.3 Å². The van der Waals surface area contributed by atoms with Crippen LogP contribution in [0.25, 0.3) is 4.96 Å². The van der Waals surface area contributed by atoms with Gasteiger partial charge in [0.2, 0.25) is 0 Å². The molecule has 5 nitrogen and oxygen atoms in total. The van der Waals surface area contributed by atoms with Gasteiger partial charge in [0, 0.05) is 48.0 Å². The zero-order valence-electron chi connectivity index (χ0n) is 14.5. The van der Waals surface area contributed by atoms with E-state index in [4.69, 9.17) is 0 Å². The average molecular weight is 342 g/mol. The lowest BCUT2D eigenvalue weighted by atomic mass is 10.1. The van der Waals surface area contributed by atoms with Gasteiger partial charge >= 0.3 is 0 Å². The molecule has 126 valence electrons. The fourth-order valence-electron chi connectivity index (χ4n) is 2.72. The predicted octanol–water partition coefficient (Wildman–Crippen LogP) is 2.83. The minimum Gasteiger partial charge on any atom is -0.297 e. The van der Waals surface area contributed by atoms with E-state index >= 15 is 0 Å². The van der Waals surface area contributed by atoms with Crippen LogP contribution in [0.5, 0.6) is 0 Å². The van der Waals surface area contributed by atoms with Crippen LogP contribution in [0.4, 0.5) is 0 Å². The number of hydrogen-bond donors (Lipinski definition) is 0. The topological polar surface area (TPSA) is 50.5 Å². The molecule has 0 N–H and O–H groups in total. The first-order valence-corrected chi connectivity index (χ1v) is 8.84. The normalized spacial score (nSPS) is 12.9. The summed E-state index contributed by atoms with van der Waals surface area (Å²) in [6.45, 7) is 6.89. The zero-order chi connectivity index (χ0) is 17.3. The standard InChI is InChI=1S/C18H22N4OS/c1-12-5-6-19-15(7-12)8-13(2)21(4)11-16-9-17(23)22-10-14(3)24-18(22)20-16/h5-7,9-10,13H,8,11H2,1-4H3.